The molecule has 2 aromatic carbocycles. The molecule has 0 fully saturated rings. The zero-order valence-electron chi connectivity index (χ0n) is 16.3. The molecule has 0 saturated carbocycles. The van der Waals surface area contributed by atoms with Crippen molar-refractivity contribution in [3.63, 3.8) is 0 Å². The van der Waals surface area contributed by atoms with E-state index < -0.39 is 58.9 Å². The predicted octanol–water partition coefficient (Wildman–Crippen LogP) is 6.31. The lowest BCUT2D eigenvalue weighted by atomic mass is 9.84. The first kappa shape index (κ1) is 24.4. The van der Waals surface area contributed by atoms with Crippen molar-refractivity contribution in [3.05, 3.63) is 69.8 Å². The van der Waals surface area contributed by atoms with Crippen LogP contribution in [0.1, 0.15) is 44.6 Å². The predicted molar refractivity (Wildman–Crippen MR) is 94.6 cm³/mol. The molecule has 1 aliphatic rings. The summed E-state index contributed by atoms with van der Waals surface area (Å²) in [6, 6.07) is 2.96. The van der Waals surface area contributed by atoms with Crippen molar-refractivity contribution in [1.29, 1.82) is 0 Å². The molecule has 2 aromatic rings. The van der Waals surface area contributed by atoms with Crippen molar-refractivity contribution in [3.8, 4) is 0 Å². The highest BCUT2D eigenvalue weighted by molar-refractivity contribution is 6.03. The van der Waals surface area contributed by atoms with Crippen LogP contribution in [0.3, 0.4) is 0 Å². The number of benzene rings is 2. The summed E-state index contributed by atoms with van der Waals surface area (Å²) in [5, 5.41) is 12.3. The fraction of sp³-hybridized carbons (Fsp3) is 0.300. The van der Waals surface area contributed by atoms with E-state index in [0.717, 1.165) is 12.1 Å². The van der Waals surface area contributed by atoms with Gasteiger partial charge < -0.3 is 9.94 Å². The minimum absolute atomic E-state index is 0.0355. The highest BCUT2D eigenvalue weighted by Crippen LogP contribution is 2.50. The van der Waals surface area contributed by atoms with Gasteiger partial charge in [0, 0.05) is 12.0 Å². The van der Waals surface area contributed by atoms with Gasteiger partial charge >= 0.3 is 24.5 Å². The largest absolute Gasteiger partial charge is 0.478 e. The highest BCUT2D eigenvalue weighted by Gasteiger charge is 2.63. The molecular formula is C20H12F9NO3. The van der Waals surface area contributed by atoms with Crippen molar-refractivity contribution >= 4 is 11.7 Å². The maximum atomic E-state index is 14.1. The quantitative estimate of drug-likeness (QED) is 0.519. The first-order valence-corrected chi connectivity index (χ1v) is 8.92. The summed E-state index contributed by atoms with van der Waals surface area (Å²) < 4.78 is 121. The average Bonchev–Trinajstić information content (AvgIpc) is 3.13. The van der Waals surface area contributed by atoms with Gasteiger partial charge in [0.2, 0.25) is 0 Å². The monoisotopic (exact) mass is 485 g/mol. The zero-order valence-corrected chi connectivity index (χ0v) is 16.3. The molecule has 33 heavy (non-hydrogen) atoms. The van der Waals surface area contributed by atoms with E-state index in [4.69, 9.17) is 5.11 Å². The van der Waals surface area contributed by atoms with Gasteiger partial charge in [0.15, 0.2) is 0 Å². The third-order valence-electron chi connectivity index (χ3n) is 5.03. The molecule has 0 saturated heterocycles. The number of carbonyl (C=O) groups is 1. The number of alkyl halides is 9. The number of hydrogen-bond acceptors (Lipinski definition) is 3. The minimum atomic E-state index is -5.46. The Morgan fingerprint density at radius 1 is 0.939 bits per heavy atom. The van der Waals surface area contributed by atoms with Crippen LogP contribution in [-0.2, 0) is 22.8 Å². The first-order chi connectivity index (χ1) is 15.0. The number of aryl methyl sites for hydroxylation is 1. The van der Waals surface area contributed by atoms with Crippen LogP contribution in [0.15, 0.2) is 41.6 Å². The Balaban J connectivity index is 2.14. The summed E-state index contributed by atoms with van der Waals surface area (Å²) >= 11 is 0. The molecule has 0 amide bonds. The number of halogens is 9. The average molecular weight is 485 g/mol. The molecule has 1 N–H and O–H groups in total. The molecule has 4 nitrogen and oxygen atoms in total. The van der Waals surface area contributed by atoms with Gasteiger partial charge in [-0.15, -0.1) is 0 Å². The van der Waals surface area contributed by atoms with E-state index in [0.29, 0.717) is 0 Å². The molecule has 178 valence electrons. The lowest BCUT2D eigenvalue weighted by molar-refractivity contribution is -0.276. The number of carboxylic acid groups (broad SMARTS) is 1. The number of carboxylic acids is 1. The second kappa shape index (κ2) is 7.66. The van der Waals surface area contributed by atoms with Gasteiger partial charge in [-0.25, -0.2) is 4.79 Å². The molecule has 0 radical (unpaired) electrons. The molecular weight excluding hydrogens is 473 g/mol. The van der Waals surface area contributed by atoms with Crippen molar-refractivity contribution in [2.45, 2.75) is 37.5 Å². The van der Waals surface area contributed by atoms with Crippen LogP contribution in [0.2, 0.25) is 0 Å². The normalized spacial score (nSPS) is 19.3. The van der Waals surface area contributed by atoms with Crippen LogP contribution in [0.25, 0.3) is 0 Å². The van der Waals surface area contributed by atoms with Gasteiger partial charge in [0.25, 0.3) is 5.60 Å². The van der Waals surface area contributed by atoms with E-state index in [1.807, 2.05) is 0 Å². The molecule has 0 aromatic heterocycles. The fourth-order valence-corrected chi connectivity index (χ4v) is 3.33. The smallest absolute Gasteiger partial charge is 0.435 e. The summed E-state index contributed by atoms with van der Waals surface area (Å²) in [6.45, 7) is 1.35. The van der Waals surface area contributed by atoms with Gasteiger partial charge in [0.05, 0.1) is 22.4 Å². The maximum Gasteiger partial charge on any atom is 0.435 e. The van der Waals surface area contributed by atoms with Crippen LogP contribution in [0, 0.1) is 6.92 Å². The van der Waals surface area contributed by atoms with Gasteiger partial charge in [-0.1, -0.05) is 11.2 Å². The Morgan fingerprint density at radius 3 is 1.91 bits per heavy atom. The standard InChI is InChI=1S/C20H12F9NO3/c1-9-4-10(2-3-14(9)16(31)32)15-8-17(33-30-15,20(27,28)29)11-5-12(18(21,22)23)7-13(6-11)19(24,25)26/h2-7H,8H2,1H3,(H,31,32). The molecule has 0 bridgehead atoms. The summed E-state index contributed by atoms with van der Waals surface area (Å²) in [5.74, 6) is -1.31. The van der Waals surface area contributed by atoms with Crippen LogP contribution in [-0.4, -0.2) is 23.0 Å². The van der Waals surface area contributed by atoms with E-state index in [1.165, 1.54) is 13.0 Å². The SMILES string of the molecule is Cc1cc(C2=NOC(c3cc(C(F)(F)F)cc(C(F)(F)F)c3)(C(F)(F)F)C2)ccc1C(=O)O. The van der Waals surface area contributed by atoms with Crippen molar-refractivity contribution < 1.29 is 54.3 Å². The molecule has 13 heteroatoms. The van der Waals surface area contributed by atoms with Crippen molar-refractivity contribution in [1.82, 2.24) is 0 Å². The second-order valence-electron chi connectivity index (χ2n) is 7.26. The molecule has 0 aliphatic carbocycles. The Morgan fingerprint density at radius 2 is 1.48 bits per heavy atom. The number of aromatic carboxylic acids is 1. The Hall–Kier alpha value is -3.25. The van der Waals surface area contributed by atoms with Crippen LogP contribution < -0.4 is 0 Å². The summed E-state index contributed by atoms with van der Waals surface area (Å²) in [7, 11) is 0. The molecule has 3 rings (SSSR count). The molecule has 1 atom stereocenters. The number of nitrogens with zero attached hydrogens (tertiary/aromatic N) is 1. The topological polar surface area (TPSA) is 58.9 Å². The zero-order chi connectivity index (χ0) is 25.0. The molecule has 1 aliphatic heterocycles. The van der Waals surface area contributed by atoms with Crippen LogP contribution >= 0.6 is 0 Å². The minimum Gasteiger partial charge on any atom is -0.478 e. The summed E-state index contributed by atoms with van der Waals surface area (Å²) in [6.07, 6.45) is -17.4. The second-order valence-corrected chi connectivity index (χ2v) is 7.26. The first-order valence-electron chi connectivity index (χ1n) is 8.92. The third-order valence-corrected chi connectivity index (χ3v) is 5.03. The van der Waals surface area contributed by atoms with Gasteiger partial charge in [-0.2, -0.15) is 39.5 Å². The van der Waals surface area contributed by atoms with Crippen LogP contribution in [0.4, 0.5) is 39.5 Å². The van der Waals surface area contributed by atoms with E-state index in [2.05, 4.69) is 9.99 Å². The highest BCUT2D eigenvalue weighted by atomic mass is 19.4. The van der Waals surface area contributed by atoms with Crippen molar-refractivity contribution in [2.75, 3.05) is 0 Å². The van der Waals surface area contributed by atoms with Gasteiger partial charge in [-0.05, 0) is 48.4 Å². The lowest BCUT2D eigenvalue weighted by Gasteiger charge is -2.30. The van der Waals surface area contributed by atoms with Gasteiger partial charge in [0.1, 0.15) is 0 Å². The van der Waals surface area contributed by atoms with E-state index in [1.54, 1.807) is 0 Å². The van der Waals surface area contributed by atoms with Gasteiger partial charge in [-0.3, -0.25) is 0 Å². The third kappa shape index (κ3) is 4.48. The Labute approximate surface area is 179 Å². The van der Waals surface area contributed by atoms with E-state index in [9.17, 15) is 44.3 Å². The maximum absolute atomic E-state index is 14.1. The number of hydrogen-bond donors (Lipinski definition) is 1. The molecule has 1 unspecified atom stereocenters. The summed E-state index contributed by atoms with van der Waals surface area (Å²) in [5.41, 5.74) is -9.40. The Kier molecular flexibility index (Phi) is 5.66. The molecule has 0 spiro atoms. The van der Waals surface area contributed by atoms with E-state index >= 15 is 0 Å². The lowest BCUT2D eigenvalue weighted by Crippen LogP contribution is -2.43. The molecule has 1 heterocycles. The fourth-order valence-electron chi connectivity index (χ4n) is 3.33. The summed E-state index contributed by atoms with van der Waals surface area (Å²) in [4.78, 5) is 15.6. The number of rotatable bonds is 3. The van der Waals surface area contributed by atoms with Crippen LogP contribution in [0.5, 0.6) is 0 Å². The number of oxime groups is 1. The Bertz CT molecular complexity index is 1100. The van der Waals surface area contributed by atoms with Crippen molar-refractivity contribution in [2.24, 2.45) is 5.16 Å². The van der Waals surface area contributed by atoms with E-state index in [-0.39, 0.29) is 34.9 Å².